The van der Waals surface area contributed by atoms with E-state index in [1.165, 1.54) is 0 Å². The number of aliphatic hydroxyl groups is 1. The Bertz CT molecular complexity index is 478. The first-order valence-electron chi connectivity index (χ1n) is 4.75. The molecule has 84 valence electrons. The number of carboxylic acids is 1. The van der Waals surface area contributed by atoms with Crippen molar-refractivity contribution in [3.05, 3.63) is 21.9 Å². The summed E-state index contributed by atoms with van der Waals surface area (Å²) in [6.07, 6.45) is 0.911. The van der Waals surface area contributed by atoms with Gasteiger partial charge in [0.15, 0.2) is 5.78 Å². The van der Waals surface area contributed by atoms with Gasteiger partial charge in [-0.25, -0.2) is 4.79 Å². The summed E-state index contributed by atoms with van der Waals surface area (Å²) in [7, 11) is 0. The van der Waals surface area contributed by atoms with Crippen LogP contribution in [0.25, 0.3) is 0 Å². The minimum Gasteiger partial charge on any atom is -0.511 e. The Morgan fingerprint density at radius 3 is 2.75 bits per heavy atom. The van der Waals surface area contributed by atoms with Gasteiger partial charge in [0.1, 0.15) is 17.4 Å². The Labute approximate surface area is 98.5 Å². The van der Waals surface area contributed by atoms with Crippen LogP contribution in [0.4, 0.5) is 0 Å². The van der Waals surface area contributed by atoms with E-state index in [1.54, 1.807) is 6.08 Å². The summed E-state index contributed by atoms with van der Waals surface area (Å²) in [5.41, 5.74) is -0.483. The monoisotopic (exact) mass is 286 g/mol. The van der Waals surface area contributed by atoms with Gasteiger partial charge in [0.05, 0.1) is 17.9 Å². The average molecular weight is 287 g/mol. The van der Waals surface area contributed by atoms with E-state index in [9.17, 15) is 14.7 Å². The van der Waals surface area contributed by atoms with Gasteiger partial charge in [0, 0.05) is 4.48 Å². The number of carbonyl (C=O) groups is 2. The summed E-state index contributed by atoms with van der Waals surface area (Å²) in [4.78, 5) is 22.7. The zero-order valence-electron chi connectivity index (χ0n) is 7.88. The first-order chi connectivity index (χ1) is 7.52. The molecule has 0 amide bonds. The number of carbonyl (C=O) groups excluding carboxylic acids is 1. The minimum atomic E-state index is -1.37. The van der Waals surface area contributed by atoms with Gasteiger partial charge in [0.25, 0.3) is 0 Å². The fourth-order valence-electron chi connectivity index (χ4n) is 2.66. The van der Waals surface area contributed by atoms with Gasteiger partial charge < -0.3 is 14.9 Å². The fourth-order valence-corrected chi connectivity index (χ4v) is 3.32. The van der Waals surface area contributed by atoms with Crippen LogP contribution in [0.2, 0.25) is 0 Å². The number of ketones is 1. The zero-order chi connectivity index (χ0) is 11.6. The van der Waals surface area contributed by atoms with Crippen molar-refractivity contribution in [3.8, 4) is 0 Å². The van der Waals surface area contributed by atoms with Crippen LogP contribution in [0.15, 0.2) is 21.9 Å². The summed E-state index contributed by atoms with van der Waals surface area (Å²) < 4.78 is 6.24. The van der Waals surface area contributed by atoms with E-state index in [0.29, 0.717) is 0 Å². The van der Waals surface area contributed by atoms with E-state index in [1.807, 2.05) is 0 Å². The maximum absolute atomic E-state index is 11.8. The van der Waals surface area contributed by atoms with Gasteiger partial charge in [-0.2, -0.15) is 0 Å². The van der Waals surface area contributed by atoms with Gasteiger partial charge in [-0.05, 0) is 6.08 Å². The predicted molar refractivity (Wildman–Crippen MR) is 54.9 cm³/mol. The molecule has 4 unspecified atom stereocenters. The number of Topliss-reactive ketones (excluding diaryl/α,β-unsaturated/α-hetero) is 1. The second-order valence-corrected chi connectivity index (χ2v) is 4.97. The highest BCUT2D eigenvalue weighted by Gasteiger charge is 2.60. The van der Waals surface area contributed by atoms with Crippen molar-refractivity contribution in [1.82, 2.24) is 0 Å². The van der Waals surface area contributed by atoms with Gasteiger partial charge in [-0.15, -0.1) is 0 Å². The minimum absolute atomic E-state index is 0.347. The number of hydrogen-bond acceptors (Lipinski definition) is 4. The maximum Gasteiger partial charge on any atom is 0.342 e. The molecule has 2 aliphatic heterocycles. The van der Waals surface area contributed by atoms with Crippen LogP contribution < -0.4 is 0 Å². The second-order valence-electron chi connectivity index (χ2n) is 4.05. The van der Waals surface area contributed by atoms with Crippen molar-refractivity contribution >= 4 is 27.7 Å². The molecule has 0 aromatic heterocycles. The highest BCUT2D eigenvalue weighted by molar-refractivity contribution is 9.11. The SMILES string of the molecule is O=C(O)C1=C(O)C2C3OC(C=C3Br)C2C1=O. The third-order valence-corrected chi connectivity index (χ3v) is 4.02. The molecule has 0 spiro atoms. The molecule has 16 heavy (non-hydrogen) atoms. The van der Waals surface area contributed by atoms with Gasteiger partial charge >= 0.3 is 5.97 Å². The molecular formula is C10H7BrO5. The van der Waals surface area contributed by atoms with E-state index < -0.39 is 41.4 Å². The van der Waals surface area contributed by atoms with E-state index in [-0.39, 0.29) is 5.76 Å². The Morgan fingerprint density at radius 2 is 2.12 bits per heavy atom. The molecule has 2 bridgehead atoms. The summed E-state index contributed by atoms with van der Waals surface area (Å²) in [5.74, 6) is -3.36. The summed E-state index contributed by atoms with van der Waals surface area (Å²) in [6, 6.07) is 0. The van der Waals surface area contributed by atoms with Crippen molar-refractivity contribution in [2.45, 2.75) is 12.2 Å². The van der Waals surface area contributed by atoms with Crippen LogP contribution in [-0.4, -0.2) is 34.2 Å². The number of aliphatic hydroxyl groups excluding tert-OH is 1. The largest absolute Gasteiger partial charge is 0.511 e. The number of halogens is 1. The molecule has 2 N–H and O–H groups in total. The van der Waals surface area contributed by atoms with Crippen LogP contribution in [0, 0.1) is 11.8 Å². The second kappa shape index (κ2) is 2.95. The van der Waals surface area contributed by atoms with E-state index in [0.717, 1.165) is 4.48 Å². The van der Waals surface area contributed by atoms with Crippen molar-refractivity contribution in [2.75, 3.05) is 0 Å². The zero-order valence-corrected chi connectivity index (χ0v) is 9.47. The molecule has 0 aromatic rings. The van der Waals surface area contributed by atoms with Gasteiger partial charge in [-0.1, -0.05) is 15.9 Å². The average Bonchev–Trinajstić information content (AvgIpc) is 2.78. The highest BCUT2D eigenvalue weighted by Crippen LogP contribution is 2.52. The van der Waals surface area contributed by atoms with Crippen LogP contribution in [0.1, 0.15) is 0 Å². The third kappa shape index (κ3) is 0.985. The van der Waals surface area contributed by atoms with Crippen LogP contribution in [0.5, 0.6) is 0 Å². The van der Waals surface area contributed by atoms with Crippen LogP contribution in [0.3, 0.4) is 0 Å². The molecule has 0 radical (unpaired) electrons. The lowest BCUT2D eigenvalue weighted by Gasteiger charge is -2.17. The predicted octanol–water partition coefficient (Wildman–Crippen LogP) is 0.758. The highest BCUT2D eigenvalue weighted by atomic mass is 79.9. The van der Waals surface area contributed by atoms with E-state index in [4.69, 9.17) is 9.84 Å². The summed E-state index contributed by atoms with van der Waals surface area (Å²) >= 11 is 3.28. The number of ether oxygens (including phenoxy) is 1. The molecule has 0 aromatic carbocycles. The third-order valence-electron chi connectivity index (χ3n) is 3.30. The lowest BCUT2D eigenvalue weighted by atomic mass is 9.84. The molecule has 6 heteroatoms. The van der Waals surface area contributed by atoms with E-state index in [2.05, 4.69) is 15.9 Å². The van der Waals surface area contributed by atoms with Gasteiger partial charge in [0.2, 0.25) is 0 Å². The lowest BCUT2D eigenvalue weighted by Crippen LogP contribution is -2.28. The molecule has 1 saturated heterocycles. The number of hydrogen-bond donors (Lipinski definition) is 2. The molecule has 5 nitrogen and oxygen atoms in total. The normalized spacial score (nSPS) is 40.3. The van der Waals surface area contributed by atoms with Gasteiger partial charge in [-0.3, -0.25) is 4.79 Å². The molecule has 0 saturated carbocycles. The number of carboxylic acid groups (broad SMARTS) is 1. The van der Waals surface area contributed by atoms with Crippen molar-refractivity contribution < 1.29 is 24.5 Å². The fraction of sp³-hybridized carbons (Fsp3) is 0.400. The summed E-state index contributed by atoms with van der Waals surface area (Å²) in [5, 5.41) is 18.6. The molecule has 4 atom stereocenters. The van der Waals surface area contributed by atoms with Crippen LogP contribution >= 0.6 is 15.9 Å². The quantitative estimate of drug-likeness (QED) is 0.695. The standard InChI is InChI=1S/C10H7BrO5/c11-2-1-3-4-5(9(2)16-3)8(13)6(7(4)12)10(14)15/h1,3-5,9,13H,(H,14,15). The topological polar surface area (TPSA) is 83.8 Å². The molecule has 3 aliphatic rings. The molecule has 1 aliphatic carbocycles. The molecule has 1 fully saturated rings. The smallest absolute Gasteiger partial charge is 0.342 e. The molecule has 2 heterocycles. The number of fused-ring (bicyclic) bond motifs is 5. The van der Waals surface area contributed by atoms with Crippen molar-refractivity contribution in [2.24, 2.45) is 11.8 Å². The number of rotatable bonds is 1. The Balaban J connectivity index is 2.10. The van der Waals surface area contributed by atoms with E-state index >= 15 is 0 Å². The van der Waals surface area contributed by atoms with Crippen molar-refractivity contribution in [3.63, 3.8) is 0 Å². The number of aliphatic carboxylic acids is 1. The first kappa shape index (κ1) is 10.0. The van der Waals surface area contributed by atoms with Crippen LogP contribution in [-0.2, 0) is 14.3 Å². The maximum atomic E-state index is 11.8. The summed E-state index contributed by atoms with van der Waals surface area (Å²) in [6.45, 7) is 0. The molecular weight excluding hydrogens is 280 g/mol. The Kier molecular flexibility index (Phi) is 1.85. The Morgan fingerprint density at radius 1 is 1.44 bits per heavy atom. The Hall–Kier alpha value is -1.14. The van der Waals surface area contributed by atoms with Crippen molar-refractivity contribution in [1.29, 1.82) is 0 Å². The first-order valence-corrected chi connectivity index (χ1v) is 5.55. The molecule has 3 rings (SSSR count). The lowest BCUT2D eigenvalue weighted by molar-refractivity contribution is -0.135.